The fraction of sp³-hybridized carbons (Fsp3) is 0.429. The second-order valence-corrected chi connectivity index (χ2v) is 7.09. The number of hydrogen-bond donors (Lipinski definition) is 2. The van der Waals surface area contributed by atoms with Gasteiger partial charge < -0.3 is 10.6 Å². The van der Waals surface area contributed by atoms with Crippen molar-refractivity contribution in [2.45, 2.75) is 17.7 Å². The molecule has 2 aliphatic rings. The van der Waals surface area contributed by atoms with Crippen molar-refractivity contribution in [1.29, 1.82) is 0 Å². The number of urea groups is 1. The van der Waals surface area contributed by atoms with Crippen molar-refractivity contribution >= 4 is 46.5 Å². The standard InChI is InChI=1S/C14H15Cl2N3O2/c1-13(8-14(13,15)16)11(20)18-9-3-2-4-10(7-9)19-6-5-17-12(19)21/h2-4,7H,5-6,8H2,1H3,(H,17,21)(H,18,20)/t13-/m1/s1. The van der Waals surface area contributed by atoms with Crippen LogP contribution in [0, 0.1) is 5.41 Å². The molecular weight excluding hydrogens is 313 g/mol. The van der Waals surface area contributed by atoms with Crippen molar-refractivity contribution in [2.75, 3.05) is 23.3 Å². The molecule has 1 aromatic rings. The van der Waals surface area contributed by atoms with Crippen LogP contribution in [0.25, 0.3) is 0 Å². The van der Waals surface area contributed by atoms with Crippen LogP contribution in [0.2, 0.25) is 0 Å². The molecule has 0 bridgehead atoms. The van der Waals surface area contributed by atoms with Crippen LogP contribution in [-0.4, -0.2) is 29.4 Å². The first kappa shape index (κ1) is 14.5. The van der Waals surface area contributed by atoms with Crippen molar-refractivity contribution in [3.8, 4) is 0 Å². The van der Waals surface area contributed by atoms with Gasteiger partial charge in [0.25, 0.3) is 0 Å². The first-order chi connectivity index (χ1) is 9.83. The second kappa shape index (κ2) is 4.78. The molecule has 1 aliphatic heterocycles. The van der Waals surface area contributed by atoms with Crippen LogP contribution < -0.4 is 15.5 Å². The summed E-state index contributed by atoms with van der Waals surface area (Å²) in [6.07, 6.45) is 0.434. The number of nitrogens with zero attached hydrogens (tertiary/aromatic N) is 1. The summed E-state index contributed by atoms with van der Waals surface area (Å²) in [6, 6.07) is 7.02. The Morgan fingerprint density at radius 3 is 2.71 bits per heavy atom. The molecule has 0 radical (unpaired) electrons. The minimum absolute atomic E-state index is 0.131. The number of benzene rings is 1. The highest BCUT2D eigenvalue weighted by molar-refractivity contribution is 6.53. The number of amides is 3. The van der Waals surface area contributed by atoms with Crippen molar-refractivity contribution < 1.29 is 9.59 Å². The van der Waals surface area contributed by atoms with Gasteiger partial charge in [-0.15, -0.1) is 23.2 Å². The van der Waals surface area contributed by atoms with Crippen LogP contribution in [0.15, 0.2) is 24.3 Å². The molecule has 3 amide bonds. The summed E-state index contributed by atoms with van der Waals surface area (Å²) in [4.78, 5) is 25.5. The molecule has 1 atom stereocenters. The molecule has 1 aromatic carbocycles. The zero-order valence-corrected chi connectivity index (χ0v) is 13.0. The lowest BCUT2D eigenvalue weighted by molar-refractivity contribution is -0.120. The molecule has 1 saturated heterocycles. The van der Waals surface area contributed by atoms with Crippen LogP contribution in [0.5, 0.6) is 0 Å². The van der Waals surface area contributed by atoms with E-state index >= 15 is 0 Å². The number of anilines is 2. The number of carbonyl (C=O) groups excluding carboxylic acids is 2. The van der Waals surface area contributed by atoms with Crippen LogP contribution in [0.1, 0.15) is 13.3 Å². The average Bonchev–Trinajstić information content (AvgIpc) is 2.76. The summed E-state index contributed by atoms with van der Waals surface area (Å²) in [6.45, 7) is 2.97. The Morgan fingerprint density at radius 2 is 2.14 bits per heavy atom. The molecule has 5 nitrogen and oxygen atoms in total. The van der Waals surface area contributed by atoms with Gasteiger partial charge in [0.1, 0.15) is 4.33 Å². The van der Waals surface area contributed by atoms with Crippen LogP contribution >= 0.6 is 23.2 Å². The van der Waals surface area contributed by atoms with E-state index in [4.69, 9.17) is 23.2 Å². The Bertz CT molecular complexity index is 620. The number of rotatable bonds is 3. The highest BCUT2D eigenvalue weighted by Crippen LogP contribution is 2.64. The Kier molecular flexibility index (Phi) is 3.30. The van der Waals surface area contributed by atoms with E-state index in [1.165, 1.54) is 0 Å². The second-order valence-electron chi connectivity index (χ2n) is 5.60. The first-order valence-electron chi connectivity index (χ1n) is 6.68. The van der Waals surface area contributed by atoms with E-state index in [0.29, 0.717) is 25.2 Å². The van der Waals surface area contributed by atoms with Gasteiger partial charge >= 0.3 is 6.03 Å². The fourth-order valence-electron chi connectivity index (χ4n) is 2.38. The Balaban J connectivity index is 1.75. The third kappa shape index (κ3) is 2.45. The number of hydrogen-bond acceptors (Lipinski definition) is 2. The van der Waals surface area contributed by atoms with Gasteiger partial charge in [-0.25, -0.2) is 4.79 Å². The number of nitrogens with one attached hydrogen (secondary N) is 2. The highest BCUT2D eigenvalue weighted by Gasteiger charge is 2.67. The van der Waals surface area contributed by atoms with E-state index in [-0.39, 0.29) is 11.9 Å². The third-order valence-corrected chi connectivity index (χ3v) is 5.13. The molecule has 2 fully saturated rings. The largest absolute Gasteiger partial charge is 0.336 e. The van der Waals surface area contributed by atoms with E-state index in [1.807, 2.05) is 6.07 Å². The van der Waals surface area contributed by atoms with E-state index in [0.717, 1.165) is 5.69 Å². The van der Waals surface area contributed by atoms with Crippen molar-refractivity contribution in [2.24, 2.45) is 5.41 Å². The van der Waals surface area contributed by atoms with Crippen molar-refractivity contribution in [3.63, 3.8) is 0 Å². The number of alkyl halides is 2. The zero-order chi connectivity index (χ0) is 15.3. The van der Waals surface area contributed by atoms with Crippen LogP contribution in [0.3, 0.4) is 0 Å². The molecule has 0 aromatic heterocycles. The molecule has 112 valence electrons. The van der Waals surface area contributed by atoms with Gasteiger partial charge in [-0.3, -0.25) is 9.69 Å². The summed E-state index contributed by atoms with van der Waals surface area (Å²) >= 11 is 12.0. The predicted octanol–water partition coefficient (Wildman–Crippen LogP) is 2.74. The Hall–Kier alpha value is -1.46. The topological polar surface area (TPSA) is 61.4 Å². The van der Waals surface area contributed by atoms with Gasteiger partial charge in [0.15, 0.2) is 0 Å². The fourth-order valence-corrected chi connectivity index (χ4v) is 3.09. The van der Waals surface area contributed by atoms with Gasteiger partial charge in [-0.1, -0.05) is 6.07 Å². The molecule has 0 unspecified atom stereocenters. The SMILES string of the molecule is C[C@]1(C(=O)Nc2cccc(N3CCNC3=O)c2)CC1(Cl)Cl. The quantitative estimate of drug-likeness (QED) is 0.838. The van der Waals surface area contributed by atoms with E-state index in [9.17, 15) is 9.59 Å². The van der Waals surface area contributed by atoms with Gasteiger partial charge in [0.05, 0.1) is 5.41 Å². The van der Waals surface area contributed by atoms with Gasteiger partial charge in [-0.2, -0.15) is 0 Å². The van der Waals surface area contributed by atoms with Gasteiger partial charge in [0.2, 0.25) is 5.91 Å². The molecule has 1 aliphatic carbocycles. The maximum atomic E-state index is 12.2. The highest BCUT2D eigenvalue weighted by atomic mass is 35.5. The van der Waals surface area contributed by atoms with Gasteiger partial charge in [0, 0.05) is 24.5 Å². The third-order valence-electron chi connectivity index (χ3n) is 4.03. The lowest BCUT2D eigenvalue weighted by atomic mass is 10.1. The molecule has 2 N–H and O–H groups in total. The summed E-state index contributed by atoms with van der Waals surface area (Å²) < 4.78 is -0.996. The predicted molar refractivity (Wildman–Crippen MR) is 83.0 cm³/mol. The summed E-state index contributed by atoms with van der Waals surface area (Å²) in [5, 5.41) is 5.55. The summed E-state index contributed by atoms with van der Waals surface area (Å²) in [7, 11) is 0. The van der Waals surface area contributed by atoms with Crippen LogP contribution in [-0.2, 0) is 4.79 Å². The van der Waals surface area contributed by atoms with Crippen molar-refractivity contribution in [1.82, 2.24) is 5.32 Å². The Labute approximate surface area is 132 Å². The monoisotopic (exact) mass is 327 g/mol. The first-order valence-corrected chi connectivity index (χ1v) is 7.44. The maximum Gasteiger partial charge on any atom is 0.321 e. The van der Waals surface area contributed by atoms with E-state index < -0.39 is 9.75 Å². The van der Waals surface area contributed by atoms with Gasteiger partial charge in [-0.05, 0) is 31.5 Å². The lowest BCUT2D eigenvalue weighted by Crippen LogP contribution is -2.28. The zero-order valence-electron chi connectivity index (χ0n) is 11.5. The minimum atomic E-state index is -0.996. The Morgan fingerprint density at radius 1 is 1.43 bits per heavy atom. The van der Waals surface area contributed by atoms with E-state index in [2.05, 4.69) is 10.6 Å². The normalized spacial score (nSPS) is 26.4. The van der Waals surface area contributed by atoms with Crippen molar-refractivity contribution in [3.05, 3.63) is 24.3 Å². The van der Waals surface area contributed by atoms with E-state index in [1.54, 1.807) is 30.0 Å². The lowest BCUT2D eigenvalue weighted by Gasteiger charge is -2.17. The molecular formula is C14H15Cl2N3O2. The summed E-state index contributed by atoms with van der Waals surface area (Å²) in [5.74, 6) is -0.212. The molecule has 0 spiro atoms. The smallest absolute Gasteiger partial charge is 0.321 e. The minimum Gasteiger partial charge on any atom is -0.336 e. The molecule has 21 heavy (non-hydrogen) atoms. The maximum absolute atomic E-state index is 12.2. The van der Waals surface area contributed by atoms with Crippen LogP contribution in [0.4, 0.5) is 16.2 Å². The summed E-state index contributed by atoms with van der Waals surface area (Å²) in [5.41, 5.74) is 0.596. The molecule has 1 saturated carbocycles. The average molecular weight is 328 g/mol. The molecule has 3 rings (SSSR count). The number of carbonyl (C=O) groups is 2. The number of halogens is 2. The molecule has 1 heterocycles. The molecule has 7 heteroatoms.